The van der Waals surface area contributed by atoms with E-state index in [-0.39, 0.29) is 11.9 Å². The molecule has 0 radical (unpaired) electrons. The van der Waals surface area contributed by atoms with E-state index in [1.54, 1.807) is 11.9 Å². The van der Waals surface area contributed by atoms with Gasteiger partial charge in [0.2, 0.25) is 5.91 Å². The van der Waals surface area contributed by atoms with Crippen molar-refractivity contribution in [3.63, 3.8) is 0 Å². The number of carbonyl (C=O) groups is 2. The molecule has 1 rings (SSSR count). The molecule has 1 aliphatic heterocycles. The molecule has 0 aromatic rings. The highest BCUT2D eigenvalue weighted by atomic mass is 16.2. The molecule has 5 nitrogen and oxygen atoms in total. The van der Waals surface area contributed by atoms with Crippen LogP contribution >= 0.6 is 0 Å². The second-order valence-electron chi connectivity index (χ2n) is 3.02. The van der Waals surface area contributed by atoms with Crippen molar-refractivity contribution in [1.82, 2.24) is 10.2 Å². The number of nitrogens with two attached hydrogens (primary N) is 1. The number of urea groups is 1. The molecule has 1 atom stereocenters. The van der Waals surface area contributed by atoms with Crippen LogP contribution in [0.1, 0.15) is 12.8 Å². The standard InChI is InChI=1S/C7H13N3O2/c1-10-4-5(9-7(8)12)2-3-6(10)11/h5H,2-4H2,1H3,(H3,8,9,12). The van der Waals surface area contributed by atoms with E-state index in [4.69, 9.17) is 5.73 Å². The highest BCUT2D eigenvalue weighted by Gasteiger charge is 2.22. The van der Waals surface area contributed by atoms with Gasteiger partial charge in [-0.1, -0.05) is 0 Å². The number of likely N-dealkylation sites (tertiary alicyclic amines) is 1. The van der Waals surface area contributed by atoms with Gasteiger partial charge in [0.1, 0.15) is 0 Å². The Bertz CT molecular complexity index is 205. The van der Waals surface area contributed by atoms with E-state index in [1.807, 2.05) is 0 Å². The van der Waals surface area contributed by atoms with E-state index in [0.29, 0.717) is 19.4 Å². The molecule has 0 aromatic carbocycles. The van der Waals surface area contributed by atoms with Gasteiger partial charge in [0.15, 0.2) is 0 Å². The lowest BCUT2D eigenvalue weighted by molar-refractivity contribution is -0.132. The van der Waals surface area contributed by atoms with Crippen molar-refractivity contribution in [1.29, 1.82) is 0 Å². The lowest BCUT2D eigenvalue weighted by Gasteiger charge is -2.29. The van der Waals surface area contributed by atoms with Gasteiger partial charge in [0.05, 0.1) is 0 Å². The van der Waals surface area contributed by atoms with E-state index in [2.05, 4.69) is 5.32 Å². The molecule has 12 heavy (non-hydrogen) atoms. The summed E-state index contributed by atoms with van der Waals surface area (Å²) in [5, 5.41) is 2.58. The number of likely N-dealkylation sites (N-methyl/N-ethyl adjacent to an activating group) is 1. The topological polar surface area (TPSA) is 75.4 Å². The highest BCUT2D eigenvalue weighted by Crippen LogP contribution is 2.08. The summed E-state index contributed by atoms with van der Waals surface area (Å²) in [5.41, 5.74) is 4.95. The van der Waals surface area contributed by atoms with Crippen LogP contribution in [-0.4, -0.2) is 36.5 Å². The van der Waals surface area contributed by atoms with Crippen molar-refractivity contribution in [3.8, 4) is 0 Å². The van der Waals surface area contributed by atoms with Gasteiger partial charge in [0, 0.05) is 26.1 Å². The maximum absolute atomic E-state index is 11.0. The monoisotopic (exact) mass is 171 g/mol. The smallest absolute Gasteiger partial charge is 0.312 e. The van der Waals surface area contributed by atoms with Crippen molar-refractivity contribution in [2.75, 3.05) is 13.6 Å². The van der Waals surface area contributed by atoms with Crippen molar-refractivity contribution in [2.24, 2.45) is 5.73 Å². The Morgan fingerprint density at radius 2 is 2.42 bits per heavy atom. The van der Waals surface area contributed by atoms with Crippen LogP contribution in [0.4, 0.5) is 4.79 Å². The van der Waals surface area contributed by atoms with Crippen LogP contribution in [0.25, 0.3) is 0 Å². The van der Waals surface area contributed by atoms with Crippen molar-refractivity contribution in [2.45, 2.75) is 18.9 Å². The van der Waals surface area contributed by atoms with Crippen LogP contribution < -0.4 is 11.1 Å². The maximum atomic E-state index is 11.0. The number of nitrogens with one attached hydrogen (secondary N) is 1. The highest BCUT2D eigenvalue weighted by molar-refractivity contribution is 5.77. The fourth-order valence-corrected chi connectivity index (χ4v) is 1.33. The average molecular weight is 171 g/mol. The van der Waals surface area contributed by atoms with Gasteiger partial charge in [-0.3, -0.25) is 4.79 Å². The van der Waals surface area contributed by atoms with Crippen molar-refractivity contribution < 1.29 is 9.59 Å². The summed E-state index contributed by atoms with van der Waals surface area (Å²) in [5.74, 6) is 0.123. The summed E-state index contributed by atoms with van der Waals surface area (Å²) in [6, 6.07) is -0.507. The number of primary amides is 1. The Kier molecular flexibility index (Phi) is 2.52. The van der Waals surface area contributed by atoms with Gasteiger partial charge in [-0.25, -0.2) is 4.79 Å². The van der Waals surface area contributed by atoms with Crippen molar-refractivity contribution >= 4 is 11.9 Å². The number of carbonyl (C=O) groups excluding carboxylic acids is 2. The lowest BCUT2D eigenvalue weighted by atomic mass is 10.1. The number of nitrogens with zero attached hydrogens (tertiary/aromatic N) is 1. The summed E-state index contributed by atoms with van der Waals surface area (Å²) < 4.78 is 0. The van der Waals surface area contributed by atoms with Gasteiger partial charge in [-0.15, -0.1) is 0 Å². The van der Waals surface area contributed by atoms with Crippen LogP contribution in [-0.2, 0) is 4.79 Å². The Hall–Kier alpha value is -1.26. The molecule has 1 unspecified atom stereocenters. The normalized spacial score (nSPS) is 23.9. The predicted octanol–water partition coefficient (Wildman–Crippen LogP) is -0.725. The molecule has 1 heterocycles. The first kappa shape index (κ1) is 8.83. The second kappa shape index (κ2) is 3.42. The zero-order valence-corrected chi connectivity index (χ0v) is 7.04. The minimum absolute atomic E-state index is 0.0187. The average Bonchev–Trinajstić information content (AvgIpc) is 1.96. The zero-order valence-electron chi connectivity index (χ0n) is 7.04. The first-order chi connectivity index (χ1) is 5.59. The van der Waals surface area contributed by atoms with Crippen molar-refractivity contribution in [3.05, 3.63) is 0 Å². The maximum Gasteiger partial charge on any atom is 0.312 e. The molecule has 1 fully saturated rings. The molecule has 0 saturated carbocycles. The summed E-state index contributed by atoms with van der Waals surface area (Å²) in [6.45, 7) is 0.557. The number of rotatable bonds is 1. The molecule has 1 aliphatic rings. The van der Waals surface area contributed by atoms with E-state index in [0.717, 1.165) is 0 Å². The van der Waals surface area contributed by atoms with Crippen LogP contribution in [0.2, 0.25) is 0 Å². The van der Waals surface area contributed by atoms with E-state index in [1.165, 1.54) is 0 Å². The fraction of sp³-hybridized carbons (Fsp3) is 0.714. The van der Waals surface area contributed by atoms with Gasteiger partial charge < -0.3 is 16.0 Å². The molecule has 3 N–H and O–H groups in total. The lowest BCUT2D eigenvalue weighted by Crippen LogP contribution is -2.49. The molecule has 3 amide bonds. The first-order valence-electron chi connectivity index (χ1n) is 3.89. The second-order valence-corrected chi connectivity index (χ2v) is 3.02. The minimum atomic E-state index is -0.525. The van der Waals surface area contributed by atoms with E-state index >= 15 is 0 Å². The molecule has 0 aromatic heterocycles. The van der Waals surface area contributed by atoms with Gasteiger partial charge in [-0.05, 0) is 6.42 Å². The third-order valence-electron chi connectivity index (χ3n) is 1.97. The molecule has 68 valence electrons. The molecule has 0 spiro atoms. The summed E-state index contributed by atoms with van der Waals surface area (Å²) in [6.07, 6.45) is 1.17. The van der Waals surface area contributed by atoms with E-state index < -0.39 is 6.03 Å². The number of amides is 3. The predicted molar refractivity (Wildman–Crippen MR) is 43.4 cm³/mol. The SMILES string of the molecule is CN1CC(NC(N)=O)CCC1=O. The molecular weight excluding hydrogens is 158 g/mol. The summed E-state index contributed by atoms with van der Waals surface area (Å²) in [7, 11) is 1.72. The van der Waals surface area contributed by atoms with Gasteiger partial charge >= 0.3 is 6.03 Å². The summed E-state index contributed by atoms with van der Waals surface area (Å²) >= 11 is 0. The minimum Gasteiger partial charge on any atom is -0.352 e. The Morgan fingerprint density at radius 1 is 1.75 bits per heavy atom. The first-order valence-corrected chi connectivity index (χ1v) is 3.89. The quantitative estimate of drug-likeness (QED) is 0.546. The fourth-order valence-electron chi connectivity index (χ4n) is 1.33. The molecule has 0 bridgehead atoms. The van der Waals surface area contributed by atoms with Crippen LogP contribution in [0, 0.1) is 0 Å². The van der Waals surface area contributed by atoms with Crippen LogP contribution in [0.3, 0.4) is 0 Å². The largest absolute Gasteiger partial charge is 0.352 e. The van der Waals surface area contributed by atoms with Crippen LogP contribution in [0.5, 0.6) is 0 Å². The van der Waals surface area contributed by atoms with Gasteiger partial charge in [-0.2, -0.15) is 0 Å². The third kappa shape index (κ3) is 2.11. The molecule has 5 heteroatoms. The molecule has 0 aliphatic carbocycles. The molecular formula is C7H13N3O2. The summed E-state index contributed by atoms with van der Waals surface area (Å²) in [4.78, 5) is 23.1. The van der Waals surface area contributed by atoms with Gasteiger partial charge in [0.25, 0.3) is 0 Å². The number of piperidine rings is 1. The van der Waals surface area contributed by atoms with E-state index in [9.17, 15) is 9.59 Å². The Labute approximate surface area is 70.9 Å². The Balaban J connectivity index is 2.40. The van der Waals surface area contributed by atoms with Crippen LogP contribution in [0.15, 0.2) is 0 Å². The number of hydrogen-bond acceptors (Lipinski definition) is 2. The Morgan fingerprint density at radius 3 is 2.92 bits per heavy atom. The third-order valence-corrected chi connectivity index (χ3v) is 1.97. The zero-order chi connectivity index (χ0) is 9.14. The molecule has 1 saturated heterocycles. The number of hydrogen-bond donors (Lipinski definition) is 2.